The number of aromatic nitrogens is 1. The fourth-order valence-corrected chi connectivity index (χ4v) is 5.31. The van der Waals surface area contributed by atoms with Gasteiger partial charge in [0.1, 0.15) is 6.54 Å². The van der Waals surface area contributed by atoms with Crippen LogP contribution in [0.15, 0.2) is 78.9 Å². The Morgan fingerprint density at radius 2 is 1.53 bits per heavy atom. The van der Waals surface area contributed by atoms with E-state index in [1.165, 1.54) is 0 Å². The van der Waals surface area contributed by atoms with E-state index >= 15 is 0 Å². The van der Waals surface area contributed by atoms with Crippen LogP contribution in [0.1, 0.15) is 41.4 Å². The summed E-state index contributed by atoms with van der Waals surface area (Å²) < 4.78 is 2.20. The Labute approximate surface area is 200 Å². The van der Waals surface area contributed by atoms with Crippen molar-refractivity contribution in [1.82, 2.24) is 14.4 Å². The summed E-state index contributed by atoms with van der Waals surface area (Å²) in [6, 6.07) is 26.0. The molecule has 5 heteroatoms. The van der Waals surface area contributed by atoms with E-state index in [0.717, 1.165) is 33.3 Å². The van der Waals surface area contributed by atoms with E-state index in [1.807, 2.05) is 68.4 Å². The number of benzene rings is 3. The van der Waals surface area contributed by atoms with E-state index in [1.54, 1.807) is 9.80 Å². The van der Waals surface area contributed by atoms with Gasteiger partial charge in [-0.2, -0.15) is 0 Å². The van der Waals surface area contributed by atoms with Gasteiger partial charge in [0.25, 0.3) is 5.91 Å². The lowest BCUT2D eigenvalue weighted by atomic mass is 9.93. The molecule has 34 heavy (non-hydrogen) atoms. The van der Waals surface area contributed by atoms with Crippen molar-refractivity contribution in [1.29, 1.82) is 0 Å². The predicted octanol–water partition coefficient (Wildman–Crippen LogP) is 5.26. The molecule has 2 heterocycles. The summed E-state index contributed by atoms with van der Waals surface area (Å²) in [4.78, 5) is 30.4. The van der Waals surface area contributed by atoms with E-state index in [-0.39, 0.29) is 24.4 Å². The van der Waals surface area contributed by atoms with Crippen LogP contribution < -0.4 is 0 Å². The van der Waals surface area contributed by atoms with Gasteiger partial charge >= 0.3 is 0 Å². The lowest BCUT2D eigenvalue weighted by Crippen LogP contribution is -2.42. The molecule has 5 rings (SSSR count). The van der Waals surface area contributed by atoms with Crippen LogP contribution in [0, 0.1) is 0 Å². The zero-order chi connectivity index (χ0) is 23.8. The summed E-state index contributed by atoms with van der Waals surface area (Å²) in [5, 5.41) is 1.10. The van der Waals surface area contributed by atoms with Crippen molar-refractivity contribution < 1.29 is 9.59 Å². The number of aryl methyl sites for hydroxylation is 1. The fourth-order valence-electron chi connectivity index (χ4n) is 5.31. The largest absolute Gasteiger partial charge is 0.343 e. The van der Waals surface area contributed by atoms with E-state index in [9.17, 15) is 9.59 Å². The molecule has 0 saturated carbocycles. The van der Waals surface area contributed by atoms with E-state index < -0.39 is 0 Å². The Hall–Kier alpha value is -3.86. The highest BCUT2D eigenvalue weighted by molar-refractivity contribution is 6.03. The Morgan fingerprint density at radius 3 is 2.26 bits per heavy atom. The molecule has 172 valence electrons. The SMILES string of the molecule is CCN(CC)C(=O)CN1C(=O)c2ccccc2[C@H]1c1c(-c2ccccc2)n(C)c2ccccc12. The molecule has 0 fully saturated rings. The van der Waals surface area contributed by atoms with Gasteiger partial charge in [0.2, 0.25) is 5.91 Å². The molecule has 0 radical (unpaired) electrons. The molecule has 0 aliphatic carbocycles. The second kappa shape index (κ2) is 8.82. The van der Waals surface area contributed by atoms with E-state index in [2.05, 4.69) is 35.9 Å². The van der Waals surface area contributed by atoms with Crippen LogP contribution in [0.5, 0.6) is 0 Å². The van der Waals surface area contributed by atoms with Crippen molar-refractivity contribution in [2.45, 2.75) is 19.9 Å². The van der Waals surface area contributed by atoms with Gasteiger partial charge in [-0.15, -0.1) is 0 Å². The highest BCUT2D eigenvalue weighted by Gasteiger charge is 2.41. The summed E-state index contributed by atoms with van der Waals surface area (Å²) >= 11 is 0. The van der Waals surface area contributed by atoms with Crippen LogP contribution in [0.3, 0.4) is 0 Å². The minimum atomic E-state index is -0.343. The molecule has 5 nitrogen and oxygen atoms in total. The third-order valence-electron chi connectivity index (χ3n) is 6.95. The standard InChI is InChI=1S/C29H29N3O2/c1-4-31(5-2)25(33)19-32-28(21-15-9-10-16-22(21)29(32)34)26-23-17-11-12-18-24(23)30(3)27(26)20-13-7-6-8-14-20/h6-18,28H,4-5,19H2,1-3H3/t28-/m0/s1. The Bertz CT molecular complexity index is 1370. The zero-order valence-corrected chi connectivity index (χ0v) is 19.9. The quantitative estimate of drug-likeness (QED) is 0.401. The molecule has 0 spiro atoms. The van der Waals surface area contributed by atoms with Gasteiger partial charge in [-0.3, -0.25) is 9.59 Å². The van der Waals surface area contributed by atoms with Crippen molar-refractivity contribution in [2.24, 2.45) is 7.05 Å². The number of likely N-dealkylation sites (N-methyl/N-ethyl adjacent to an activating group) is 1. The average molecular weight is 452 g/mol. The molecule has 1 aliphatic heterocycles. The number of fused-ring (bicyclic) bond motifs is 2. The number of hydrogen-bond donors (Lipinski definition) is 0. The summed E-state index contributed by atoms with van der Waals surface area (Å²) in [6.07, 6.45) is 0. The van der Waals surface area contributed by atoms with Crippen molar-refractivity contribution in [2.75, 3.05) is 19.6 Å². The number of hydrogen-bond acceptors (Lipinski definition) is 2. The van der Waals surface area contributed by atoms with Gasteiger partial charge < -0.3 is 14.4 Å². The smallest absolute Gasteiger partial charge is 0.255 e. The Morgan fingerprint density at radius 1 is 0.882 bits per heavy atom. The molecular formula is C29H29N3O2. The summed E-state index contributed by atoms with van der Waals surface area (Å²) in [6.45, 7) is 5.24. The van der Waals surface area contributed by atoms with Crippen LogP contribution >= 0.6 is 0 Å². The minimum Gasteiger partial charge on any atom is -0.343 e. The monoisotopic (exact) mass is 451 g/mol. The van der Waals surface area contributed by atoms with Crippen molar-refractivity contribution in [3.05, 3.63) is 95.6 Å². The van der Waals surface area contributed by atoms with Crippen molar-refractivity contribution >= 4 is 22.7 Å². The molecule has 1 aliphatic rings. The van der Waals surface area contributed by atoms with Crippen LogP contribution in [0.25, 0.3) is 22.2 Å². The molecule has 1 atom stereocenters. The third-order valence-corrected chi connectivity index (χ3v) is 6.95. The van der Waals surface area contributed by atoms with Gasteiger partial charge in [-0.05, 0) is 37.1 Å². The molecule has 3 aromatic carbocycles. The number of amides is 2. The van der Waals surface area contributed by atoms with Crippen LogP contribution in [-0.2, 0) is 11.8 Å². The molecule has 1 aromatic heterocycles. The first-order chi connectivity index (χ1) is 16.6. The summed E-state index contributed by atoms with van der Waals surface area (Å²) in [5.74, 6) is -0.120. The number of carbonyl (C=O) groups excluding carboxylic acids is 2. The van der Waals surface area contributed by atoms with Crippen LogP contribution in [-0.4, -0.2) is 45.8 Å². The van der Waals surface area contributed by atoms with Crippen LogP contribution in [0.2, 0.25) is 0 Å². The first-order valence-electron chi connectivity index (χ1n) is 11.9. The lowest BCUT2D eigenvalue weighted by molar-refractivity contribution is -0.131. The Balaban J connectivity index is 1.76. The number of para-hydroxylation sites is 1. The van der Waals surface area contributed by atoms with Crippen LogP contribution in [0.4, 0.5) is 0 Å². The van der Waals surface area contributed by atoms with Gasteiger partial charge in [0.15, 0.2) is 0 Å². The third kappa shape index (κ3) is 3.39. The topological polar surface area (TPSA) is 45.6 Å². The summed E-state index contributed by atoms with van der Waals surface area (Å²) in [5.41, 5.74) is 5.94. The Kier molecular flexibility index (Phi) is 5.70. The second-order valence-electron chi connectivity index (χ2n) is 8.69. The number of nitrogens with zero attached hydrogens (tertiary/aromatic N) is 3. The van der Waals surface area contributed by atoms with E-state index in [0.29, 0.717) is 18.7 Å². The highest BCUT2D eigenvalue weighted by atomic mass is 16.2. The number of rotatable bonds is 6. The van der Waals surface area contributed by atoms with Gasteiger partial charge in [0.05, 0.1) is 11.7 Å². The zero-order valence-electron chi connectivity index (χ0n) is 19.9. The molecule has 2 amide bonds. The predicted molar refractivity (Wildman–Crippen MR) is 136 cm³/mol. The lowest BCUT2D eigenvalue weighted by Gasteiger charge is -2.29. The average Bonchev–Trinajstić information content (AvgIpc) is 3.31. The summed E-state index contributed by atoms with van der Waals surface area (Å²) in [7, 11) is 2.07. The van der Waals surface area contributed by atoms with E-state index in [4.69, 9.17) is 0 Å². The number of carbonyl (C=O) groups is 2. The van der Waals surface area contributed by atoms with Gasteiger partial charge in [-0.1, -0.05) is 66.7 Å². The molecule has 0 N–H and O–H groups in total. The second-order valence-corrected chi connectivity index (χ2v) is 8.69. The van der Waals surface area contributed by atoms with Gasteiger partial charge in [-0.25, -0.2) is 0 Å². The van der Waals surface area contributed by atoms with Crippen molar-refractivity contribution in [3.63, 3.8) is 0 Å². The molecule has 0 saturated heterocycles. The maximum atomic E-state index is 13.7. The van der Waals surface area contributed by atoms with Gasteiger partial charge in [0, 0.05) is 42.2 Å². The fraction of sp³-hybridized carbons (Fsp3) is 0.241. The highest BCUT2D eigenvalue weighted by Crippen LogP contribution is 2.46. The maximum Gasteiger partial charge on any atom is 0.255 e. The molecule has 0 bridgehead atoms. The minimum absolute atomic E-state index is 0.0300. The maximum absolute atomic E-state index is 13.7. The molecule has 4 aromatic rings. The van der Waals surface area contributed by atoms with Crippen molar-refractivity contribution in [3.8, 4) is 11.3 Å². The molecule has 0 unspecified atom stereocenters. The molecular weight excluding hydrogens is 422 g/mol. The normalized spacial score (nSPS) is 15.1. The first kappa shape index (κ1) is 22.0. The first-order valence-corrected chi connectivity index (χ1v) is 11.9.